The third kappa shape index (κ3) is 2.88. The first-order valence-electron chi connectivity index (χ1n) is 22.8. The van der Waals surface area contributed by atoms with E-state index < -0.39 is 204 Å². The van der Waals surface area contributed by atoms with Crippen molar-refractivity contribution >= 4 is 65.4 Å². The van der Waals surface area contributed by atoms with Crippen LogP contribution >= 0.6 is 0 Å². The molecule has 0 bridgehead atoms. The number of para-hydroxylation sites is 2. The van der Waals surface area contributed by atoms with Gasteiger partial charge in [0.2, 0.25) is 0 Å². The lowest BCUT2D eigenvalue weighted by molar-refractivity contribution is 0.663. The molecule has 0 saturated heterocycles. The van der Waals surface area contributed by atoms with E-state index in [4.69, 9.17) is 32.1 Å². The normalized spacial score (nSPS) is 19.7. The second kappa shape index (κ2) is 8.08. The van der Waals surface area contributed by atoms with Crippen molar-refractivity contribution in [3.05, 3.63) is 133 Å². The minimum Gasteiger partial charge on any atom is -0.455 e. The highest BCUT2D eigenvalue weighted by atomic mass is 16.3. The molecule has 2 heterocycles. The molecule has 0 radical (unpaired) electrons. The van der Waals surface area contributed by atoms with Crippen molar-refractivity contribution in [1.82, 2.24) is 0 Å². The minimum atomic E-state index is -0.910. The number of hydrogen-bond acceptors (Lipinski definition) is 2. The lowest BCUT2D eigenvalue weighted by Crippen LogP contribution is -1.91. The van der Waals surface area contributed by atoms with Crippen LogP contribution in [-0.2, 0) is 0 Å². The Morgan fingerprint density at radius 3 is 1.52 bits per heavy atom. The standard InChI is InChI=1S/C38H22O2/c1-2-12-23(13-3-1)34-25-15-4-6-17-27(25)35(28-18-7-5-16-26(28)34)31-22-30-24-14-8-10-20-32(24)39-37(30)36-29-19-9-11-21-33(29)40-38(31)36/h1-22H/i1D,2D,3D,4D,5D,6D,7D,8D,9D,10D,11D,12D,13D,14D,15D,16D,17D,18D,19D,20D,21D,22D. The Kier molecular flexibility index (Phi) is 1.90. The number of benzene rings is 7. The highest BCUT2D eigenvalue weighted by molar-refractivity contribution is 6.29. The summed E-state index contributed by atoms with van der Waals surface area (Å²) in [5.74, 6) is 0. The second-order valence-electron chi connectivity index (χ2n) is 8.77. The highest BCUT2D eigenvalue weighted by Crippen LogP contribution is 2.49. The SMILES string of the molecule is [2H]c1c([2H])c([2H])c(-c2c3c([2H])c([2H])c([2H])c([2H])c3c(-c3c([2H])c4c(oc5c([2H])c([2H])c([2H])c([2H])c54)c4c3oc3c([2H])c([2H])c([2H])c([2H])c34)c3c([2H])c([2H])c([2H])c([2H])c23)c([2H])c1[2H]. The van der Waals surface area contributed by atoms with E-state index in [9.17, 15) is 6.85 Å². The van der Waals surface area contributed by atoms with Gasteiger partial charge in [0.15, 0.2) is 0 Å². The molecule has 0 fully saturated rings. The van der Waals surface area contributed by atoms with Gasteiger partial charge in [-0.05, 0) is 50.8 Å². The number of rotatable bonds is 2. The number of furan rings is 2. The molecule has 0 aliphatic rings. The zero-order valence-electron chi connectivity index (χ0n) is 41.8. The van der Waals surface area contributed by atoms with Gasteiger partial charge in [0.25, 0.3) is 0 Å². The van der Waals surface area contributed by atoms with Crippen molar-refractivity contribution in [2.24, 2.45) is 0 Å². The van der Waals surface area contributed by atoms with E-state index in [1.807, 2.05) is 0 Å². The van der Waals surface area contributed by atoms with Gasteiger partial charge in [-0.2, -0.15) is 0 Å². The molecule has 40 heavy (non-hydrogen) atoms. The Balaban J connectivity index is 1.73. The quantitative estimate of drug-likeness (QED) is 0.207. The van der Waals surface area contributed by atoms with E-state index in [1.54, 1.807) is 0 Å². The molecule has 0 saturated carbocycles. The van der Waals surface area contributed by atoms with Crippen molar-refractivity contribution < 1.29 is 39.0 Å². The molecule has 9 aromatic rings. The van der Waals surface area contributed by atoms with Gasteiger partial charge in [-0.15, -0.1) is 0 Å². The van der Waals surface area contributed by atoms with E-state index in [0.717, 1.165) is 0 Å². The maximum absolute atomic E-state index is 9.92. The number of fused-ring (bicyclic) bond motifs is 9. The van der Waals surface area contributed by atoms with Gasteiger partial charge in [-0.3, -0.25) is 0 Å². The van der Waals surface area contributed by atoms with E-state index in [1.165, 1.54) is 0 Å². The lowest BCUT2D eigenvalue weighted by atomic mass is 9.85. The average molecular weight is 533 g/mol. The van der Waals surface area contributed by atoms with Gasteiger partial charge < -0.3 is 8.83 Å². The van der Waals surface area contributed by atoms with Crippen LogP contribution in [0.3, 0.4) is 0 Å². The molecule has 2 nitrogen and oxygen atoms in total. The molecule has 9 rings (SSSR count). The van der Waals surface area contributed by atoms with Crippen LogP contribution in [0.5, 0.6) is 0 Å². The molecule has 0 atom stereocenters. The van der Waals surface area contributed by atoms with Crippen molar-refractivity contribution in [3.63, 3.8) is 0 Å². The fourth-order valence-corrected chi connectivity index (χ4v) is 5.19. The fraction of sp³-hybridized carbons (Fsp3) is 0. The van der Waals surface area contributed by atoms with Crippen LogP contribution in [0.15, 0.2) is 142 Å². The predicted octanol–water partition coefficient (Wildman–Crippen LogP) is 11.1. The molecule has 0 aliphatic carbocycles. The zero-order chi connectivity index (χ0) is 45.4. The summed E-state index contributed by atoms with van der Waals surface area (Å²) in [7, 11) is 0. The topological polar surface area (TPSA) is 26.3 Å². The molecule has 0 N–H and O–H groups in total. The Labute approximate surface area is 260 Å². The summed E-state index contributed by atoms with van der Waals surface area (Å²) in [6, 6.07) is -18.2. The third-order valence-corrected chi connectivity index (χ3v) is 6.75. The molecule has 186 valence electrons. The summed E-state index contributed by atoms with van der Waals surface area (Å²) >= 11 is 0. The molecular formula is C38H22O2. The van der Waals surface area contributed by atoms with Gasteiger partial charge >= 0.3 is 0 Å². The highest BCUT2D eigenvalue weighted by Gasteiger charge is 2.24. The third-order valence-electron chi connectivity index (χ3n) is 6.75. The van der Waals surface area contributed by atoms with E-state index in [-0.39, 0.29) is 16.2 Å². The minimum absolute atomic E-state index is 0.335. The van der Waals surface area contributed by atoms with Crippen LogP contribution in [-0.4, -0.2) is 0 Å². The summed E-state index contributed by atoms with van der Waals surface area (Å²) in [6.07, 6.45) is 0. The van der Waals surface area contributed by atoms with Crippen molar-refractivity contribution in [2.45, 2.75) is 0 Å². The van der Waals surface area contributed by atoms with E-state index >= 15 is 0 Å². The summed E-state index contributed by atoms with van der Waals surface area (Å²) < 4.78 is 207. The number of hydrogen-bond donors (Lipinski definition) is 0. The first-order chi connectivity index (χ1) is 29.0. The predicted molar refractivity (Wildman–Crippen MR) is 167 cm³/mol. The summed E-state index contributed by atoms with van der Waals surface area (Å²) in [5.41, 5.74) is -4.41. The molecule has 0 unspecified atom stereocenters. The largest absolute Gasteiger partial charge is 0.455 e. The smallest absolute Gasteiger partial charge is 0.147 e. The fourth-order valence-electron chi connectivity index (χ4n) is 5.19. The molecule has 7 aromatic carbocycles. The Bertz CT molecular complexity index is 3550. The first kappa shape index (κ1) is 9.39. The zero-order valence-corrected chi connectivity index (χ0v) is 19.8. The summed E-state index contributed by atoms with van der Waals surface area (Å²) in [4.78, 5) is 0. The monoisotopic (exact) mass is 532 g/mol. The molecule has 2 heteroatoms. The van der Waals surface area contributed by atoms with E-state index in [0.29, 0.717) is 0 Å². The Hall–Kier alpha value is -5.34. The van der Waals surface area contributed by atoms with Gasteiger partial charge in [0, 0.05) is 27.3 Å². The van der Waals surface area contributed by atoms with Crippen molar-refractivity contribution in [1.29, 1.82) is 0 Å². The van der Waals surface area contributed by atoms with Gasteiger partial charge in [-0.25, -0.2) is 0 Å². The first-order valence-corrected chi connectivity index (χ1v) is 11.8. The van der Waals surface area contributed by atoms with Crippen LogP contribution in [0.1, 0.15) is 30.2 Å². The average Bonchev–Trinajstić information content (AvgIpc) is 3.85. The molecule has 0 amide bonds. The lowest BCUT2D eigenvalue weighted by Gasteiger charge is -2.18. The van der Waals surface area contributed by atoms with Crippen LogP contribution < -0.4 is 0 Å². The summed E-state index contributed by atoms with van der Waals surface area (Å²) in [6.45, 7) is 0. The van der Waals surface area contributed by atoms with Crippen LogP contribution in [0, 0.1) is 0 Å². The molecule has 0 aliphatic heterocycles. The Morgan fingerprint density at radius 1 is 0.400 bits per heavy atom. The molecule has 2 aromatic heterocycles. The van der Waals surface area contributed by atoms with Crippen LogP contribution in [0.4, 0.5) is 0 Å². The van der Waals surface area contributed by atoms with Gasteiger partial charge in [0.1, 0.15) is 22.3 Å². The van der Waals surface area contributed by atoms with Gasteiger partial charge in [0.05, 0.1) is 35.5 Å². The van der Waals surface area contributed by atoms with E-state index in [2.05, 4.69) is 0 Å². The molecular weight excluding hydrogens is 488 g/mol. The molecule has 0 spiro atoms. The maximum Gasteiger partial charge on any atom is 0.147 e. The maximum atomic E-state index is 9.92. The van der Waals surface area contributed by atoms with Crippen molar-refractivity contribution in [2.75, 3.05) is 0 Å². The second-order valence-corrected chi connectivity index (χ2v) is 8.77. The van der Waals surface area contributed by atoms with Crippen LogP contribution in [0.25, 0.3) is 87.7 Å². The van der Waals surface area contributed by atoms with Gasteiger partial charge in [-0.1, -0.05) is 115 Å². The van der Waals surface area contributed by atoms with Crippen molar-refractivity contribution in [3.8, 4) is 22.3 Å². The van der Waals surface area contributed by atoms with Crippen LogP contribution in [0.2, 0.25) is 0 Å². The Morgan fingerprint density at radius 2 is 0.875 bits per heavy atom. The summed E-state index contributed by atoms with van der Waals surface area (Å²) in [5, 5.41) is -3.94.